The molecule has 1 aliphatic heterocycles. The summed E-state index contributed by atoms with van der Waals surface area (Å²) in [6.45, 7) is 4.65. The van der Waals surface area contributed by atoms with Gasteiger partial charge in [-0.2, -0.15) is 0 Å². The molecular weight excluding hydrogens is 308 g/mol. The number of hydrogen-bond acceptors (Lipinski definition) is 4. The van der Waals surface area contributed by atoms with E-state index in [1.165, 1.54) is 0 Å². The van der Waals surface area contributed by atoms with Crippen LogP contribution in [-0.4, -0.2) is 58.5 Å². The molecule has 0 bridgehead atoms. The normalized spacial score (nSPS) is 17.2. The Kier molecular flexibility index (Phi) is 4.53. The fourth-order valence-corrected chi connectivity index (χ4v) is 3.16. The standard InChI is InChI=1S/C17H22N4O3/c1-3-14(16(23)20-10-8-19(2)9-11-20)21-15(22)12-6-4-5-7-13(12)18-17(21)24/h4-7,14H,3,8-11H2,1-2H3,(H,18,24). The van der Waals surface area contributed by atoms with Gasteiger partial charge in [-0.15, -0.1) is 0 Å². The highest BCUT2D eigenvalue weighted by molar-refractivity contribution is 5.82. The third kappa shape index (κ3) is 2.87. The Balaban J connectivity index is 2.02. The van der Waals surface area contributed by atoms with Crippen molar-refractivity contribution >= 4 is 16.8 Å². The molecule has 2 heterocycles. The maximum atomic E-state index is 12.9. The largest absolute Gasteiger partial charge is 0.338 e. The zero-order valence-corrected chi connectivity index (χ0v) is 14.0. The molecule has 1 aliphatic rings. The van der Waals surface area contributed by atoms with E-state index in [0.29, 0.717) is 30.4 Å². The lowest BCUT2D eigenvalue weighted by molar-refractivity contribution is -0.136. The van der Waals surface area contributed by atoms with Gasteiger partial charge in [-0.05, 0) is 25.6 Å². The molecule has 0 radical (unpaired) electrons. The summed E-state index contributed by atoms with van der Waals surface area (Å²) in [5, 5.41) is 0.418. The Morgan fingerprint density at radius 3 is 2.50 bits per heavy atom. The number of nitrogens with one attached hydrogen (secondary N) is 1. The lowest BCUT2D eigenvalue weighted by atomic mass is 10.1. The summed E-state index contributed by atoms with van der Waals surface area (Å²) >= 11 is 0. The summed E-state index contributed by atoms with van der Waals surface area (Å²) in [5.41, 5.74) is -0.456. The topological polar surface area (TPSA) is 78.4 Å². The lowest BCUT2D eigenvalue weighted by Crippen LogP contribution is -2.51. The molecule has 1 N–H and O–H groups in total. The van der Waals surface area contributed by atoms with Gasteiger partial charge in [0.15, 0.2) is 0 Å². The highest BCUT2D eigenvalue weighted by Crippen LogP contribution is 2.14. The number of para-hydroxylation sites is 1. The molecule has 128 valence electrons. The van der Waals surface area contributed by atoms with Crippen molar-refractivity contribution in [2.45, 2.75) is 19.4 Å². The van der Waals surface area contributed by atoms with Crippen LogP contribution in [0.5, 0.6) is 0 Å². The quantitative estimate of drug-likeness (QED) is 0.884. The first-order chi connectivity index (χ1) is 11.5. The number of likely N-dealkylation sites (N-methyl/N-ethyl adjacent to an activating group) is 1. The van der Waals surface area contributed by atoms with Crippen molar-refractivity contribution in [3.63, 3.8) is 0 Å². The van der Waals surface area contributed by atoms with Crippen LogP contribution >= 0.6 is 0 Å². The smallest absolute Gasteiger partial charge is 0.329 e. The Labute approximate surface area is 139 Å². The minimum absolute atomic E-state index is 0.159. The third-order valence-electron chi connectivity index (χ3n) is 4.64. The van der Waals surface area contributed by atoms with E-state index in [9.17, 15) is 14.4 Å². The number of H-pyrrole nitrogens is 1. The summed E-state index contributed by atoms with van der Waals surface area (Å²) in [6, 6.07) is 6.09. The Hall–Kier alpha value is -2.41. The van der Waals surface area contributed by atoms with E-state index in [4.69, 9.17) is 0 Å². The maximum absolute atomic E-state index is 12.9. The lowest BCUT2D eigenvalue weighted by Gasteiger charge is -2.34. The van der Waals surface area contributed by atoms with Crippen LogP contribution in [0, 0.1) is 0 Å². The molecule has 1 saturated heterocycles. The molecule has 1 unspecified atom stereocenters. The number of benzene rings is 1. The van der Waals surface area contributed by atoms with Crippen molar-refractivity contribution in [1.82, 2.24) is 19.4 Å². The number of amides is 1. The number of carbonyl (C=O) groups excluding carboxylic acids is 1. The molecule has 1 aromatic carbocycles. The summed E-state index contributed by atoms with van der Waals surface area (Å²) in [5.74, 6) is -0.159. The second kappa shape index (κ2) is 6.60. The van der Waals surface area contributed by atoms with Gasteiger partial charge in [0.1, 0.15) is 6.04 Å². The van der Waals surface area contributed by atoms with E-state index in [1.54, 1.807) is 29.2 Å². The van der Waals surface area contributed by atoms with E-state index >= 15 is 0 Å². The minimum Gasteiger partial charge on any atom is -0.338 e. The molecular formula is C17H22N4O3. The van der Waals surface area contributed by atoms with Crippen LogP contribution in [0.1, 0.15) is 19.4 Å². The van der Waals surface area contributed by atoms with Crippen LogP contribution in [0.3, 0.4) is 0 Å². The molecule has 2 aromatic rings. The number of fused-ring (bicyclic) bond motifs is 1. The van der Waals surface area contributed by atoms with Crippen molar-refractivity contribution in [1.29, 1.82) is 0 Å². The van der Waals surface area contributed by atoms with Gasteiger partial charge in [0.2, 0.25) is 5.91 Å². The summed E-state index contributed by atoms with van der Waals surface area (Å²) < 4.78 is 1.07. The number of rotatable bonds is 3. The summed E-state index contributed by atoms with van der Waals surface area (Å²) in [6.07, 6.45) is 0.395. The molecule has 1 fully saturated rings. The van der Waals surface area contributed by atoms with Crippen molar-refractivity contribution in [3.05, 3.63) is 45.1 Å². The second-order valence-electron chi connectivity index (χ2n) is 6.20. The number of piperazine rings is 1. The third-order valence-corrected chi connectivity index (χ3v) is 4.64. The second-order valence-corrected chi connectivity index (χ2v) is 6.20. The first-order valence-corrected chi connectivity index (χ1v) is 8.23. The number of carbonyl (C=O) groups is 1. The van der Waals surface area contributed by atoms with Gasteiger partial charge in [0.05, 0.1) is 10.9 Å². The molecule has 0 saturated carbocycles. The predicted octanol–water partition coefficient (Wildman–Crippen LogP) is 0.415. The Morgan fingerprint density at radius 1 is 1.17 bits per heavy atom. The van der Waals surface area contributed by atoms with Crippen LogP contribution in [0.2, 0.25) is 0 Å². The first kappa shape index (κ1) is 16.4. The number of hydrogen-bond donors (Lipinski definition) is 1. The van der Waals surface area contributed by atoms with Crippen LogP contribution < -0.4 is 11.2 Å². The molecule has 7 nitrogen and oxygen atoms in total. The average Bonchev–Trinajstić information content (AvgIpc) is 2.58. The Morgan fingerprint density at radius 2 is 1.83 bits per heavy atom. The molecule has 24 heavy (non-hydrogen) atoms. The zero-order chi connectivity index (χ0) is 17.3. The van der Waals surface area contributed by atoms with E-state index in [2.05, 4.69) is 9.88 Å². The number of aromatic nitrogens is 2. The molecule has 1 atom stereocenters. The molecule has 1 amide bonds. The monoisotopic (exact) mass is 330 g/mol. The van der Waals surface area contributed by atoms with Crippen molar-refractivity contribution < 1.29 is 4.79 Å². The molecule has 0 spiro atoms. The minimum atomic E-state index is -0.769. The fourth-order valence-electron chi connectivity index (χ4n) is 3.16. The van der Waals surface area contributed by atoms with Crippen molar-refractivity contribution in [2.75, 3.05) is 33.2 Å². The maximum Gasteiger partial charge on any atom is 0.329 e. The molecule has 7 heteroatoms. The van der Waals surface area contributed by atoms with Crippen LogP contribution in [-0.2, 0) is 4.79 Å². The molecule has 1 aromatic heterocycles. The van der Waals surface area contributed by atoms with Crippen molar-refractivity contribution in [2.24, 2.45) is 0 Å². The SMILES string of the molecule is CCC(C(=O)N1CCN(C)CC1)n1c(=O)[nH]c2ccccc2c1=O. The number of aromatic amines is 1. The Bertz CT molecular complexity index is 862. The van der Waals surface area contributed by atoms with Crippen LogP contribution in [0.25, 0.3) is 10.9 Å². The van der Waals surface area contributed by atoms with E-state index in [-0.39, 0.29) is 5.91 Å². The van der Waals surface area contributed by atoms with Gasteiger partial charge in [-0.1, -0.05) is 19.1 Å². The average molecular weight is 330 g/mol. The van der Waals surface area contributed by atoms with E-state index < -0.39 is 17.3 Å². The summed E-state index contributed by atoms with van der Waals surface area (Å²) in [7, 11) is 2.01. The number of nitrogens with zero attached hydrogens (tertiary/aromatic N) is 3. The molecule has 0 aliphatic carbocycles. The van der Waals surface area contributed by atoms with Gasteiger partial charge < -0.3 is 14.8 Å². The highest BCUT2D eigenvalue weighted by atomic mass is 16.2. The first-order valence-electron chi connectivity index (χ1n) is 8.23. The highest BCUT2D eigenvalue weighted by Gasteiger charge is 2.29. The van der Waals surface area contributed by atoms with Gasteiger partial charge >= 0.3 is 5.69 Å². The van der Waals surface area contributed by atoms with Gasteiger partial charge in [-0.3, -0.25) is 9.59 Å². The predicted molar refractivity (Wildman–Crippen MR) is 92.2 cm³/mol. The molecule has 3 rings (SSSR count). The van der Waals surface area contributed by atoms with E-state index in [1.807, 2.05) is 14.0 Å². The van der Waals surface area contributed by atoms with Gasteiger partial charge in [-0.25, -0.2) is 9.36 Å². The van der Waals surface area contributed by atoms with Crippen LogP contribution in [0.15, 0.2) is 33.9 Å². The van der Waals surface area contributed by atoms with Gasteiger partial charge in [0, 0.05) is 26.2 Å². The summed E-state index contributed by atoms with van der Waals surface area (Å²) in [4.78, 5) is 44.7. The van der Waals surface area contributed by atoms with Gasteiger partial charge in [0.25, 0.3) is 5.56 Å². The zero-order valence-electron chi connectivity index (χ0n) is 14.0. The van der Waals surface area contributed by atoms with Crippen LogP contribution in [0.4, 0.5) is 0 Å². The van der Waals surface area contributed by atoms with E-state index in [0.717, 1.165) is 17.7 Å². The fraction of sp³-hybridized carbons (Fsp3) is 0.471. The van der Waals surface area contributed by atoms with Crippen molar-refractivity contribution in [3.8, 4) is 0 Å².